The first-order valence-electron chi connectivity index (χ1n) is 9.79. The van der Waals surface area contributed by atoms with Crippen LogP contribution in [0.15, 0.2) is 37.4 Å². The normalized spacial score (nSPS) is 11.8. The van der Waals surface area contributed by atoms with Crippen LogP contribution in [0.25, 0.3) is 0 Å². The molecule has 0 aliphatic carbocycles. The van der Waals surface area contributed by atoms with Crippen LogP contribution in [-0.4, -0.2) is 74.8 Å². The van der Waals surface area contributed by atoms with Crippen molar-refractivity contribution in [2.24, 2.45) is 7.05 Å². The first kappa shape index (κ1) is 40.2. The Hall–Kier alpha value is -2.27. The highest BCUT2D eigenvalue weighted by molar-refractivity contribution is 7.87. The number of unbranched alkanes of at least 4 members (excludes halogenated alkanes) is 1. The third-order valence-electron chi connectivity index (χ3n) is 3.01. The first-order valence-corrected chi connectivity index (χ1v) is 14.3. The summed E-state index contributed by atoms with van der Waals surface area (Å²) < 4.78 is 147. The number of hydrogen-bond acceptors (Lipinski definition) is 8. The Morgan fingerprint density at radius 3 is 1.29 bits per heavy atom. The zero-order valence-electron chi connectivity index (χ0n) is 20.1. The molecular weight excluding hydrogens is 602 g/mol. The van der Waals surface area contributed by atoms with E-state index >= 15 is 0 Å². The van der Waals surface area contributed by atoms with Gasteiger partial charge in [0.25, 0.3) is 10.1 Å². The number of alkyl halides is 6. The second-order valence-corrected chi connectivity index (χ2v) is 10.9. The van der Waals surface area contributed by atoms with Crippen LogP contribution in [0.5, 0.6) is 0 Å². The summed E-state index contributed by atoms with van der Waals surface area (Å²) in [5.74, 6) is -0.132. The predicted molar refractivity (Wildman–Crippen MR) is 122 cm³/mol. The van der Waals surface area contributed by atoms with Gasteiger partial charge in [0.15, 0.2) is 0 Å². The molecule has 2 aromatic rings. The van der Waals surface area contributed by atoms with Crippen LogP contribution >= 0.6 is 0 Å². The Bertz CT molecular complexity index is 1120. The quantitative estimate of drug-likeness (QED) is 0.249. The highest BCUT2D eigenvalue weighted by atomic mass is 32.2. The third-order valence-corrected chi connectivity index (χ3v) is 5.11. The molecule has 0 spiro atoms. The van der Waals surface area contributed by atoms with Crippen molar-refractivity contribution in [3.05, 3.63) is 37.4 Å². The lowest BCUT2D eigenvalue weighted by Gasteiger charge is -1.97. The maximum absolute atomic E-state index is 10.7. The molecule has 0 aliphatic rings. The summed E-state index contributed by atoms with van der Waals surface area (Å²) in [5.41, 5.74) is -11.1. The van der Waals surface area contributed by atoms with Gasteiger partial charge in [-0.3, -0.25) is 13.7 Å². The molecule has 38 heavy (non-hydrogen) atoms. The fourth-order valence-electron chi connectivity index (χ4n) is 1.34. The van der Waals surface area contributed by atoms with Crippen LogP contribution in [0.4, 0.5) is 26.3 Å². The van der Waals surface area contributed by atoms with Crippen LogP contribution < -0.4 is 0 Å². The number of aromatic nitrogens is 4. The molecule has 0 saturated carbocycles. The van der Waals surface area contributed by atoms with Crippen LogP contribution in [0.2, 0.25) is 0 Å². The third kappa shape index (κ3) is 25.4. The van der Waals surface area contributed by atoms with Crippen molar-refractivity contribution >= 4 is 30.4 Å². The molecule has 0 radical (unpaired) electrons. The molecule has 0 fully saturated rings. The average Bonchev–Trinajstić information content (AvgIpc) is 3.38. The lowest BCUT2D eigenvalue weighted by atomic mass is 10.3. The van der Waals surface area contributed by atoms with Crippen molar-refractivity contribution in [1.29, 1.82) is 0 Å². The Labute approximate surface area is 215 Å². The van der Waals surface area contributed by atoms with E-state index in [1.165, 1.54) is 12.8 Å². The zero-order valence-corrected chi connectivity index (χ0v) is 22.5. The minimum absolute atomic E-state index is 0.132. The van der Waals surface area contributed by atoms with E-state index in [-0.39, 0.29) is 5.75 Å². The fourth-order valence-corrected chi connectivity index (χ4v) is 1.86. The molecule has 0 saturated heterocycles. The van der Waals surface area contributed by atoms with Gasteiger partial charge < -0.3 is 9.13 Å². The van der Waals surface area contributed by atoms with Crippen molar-refractivity contribution in [2.45, 2.75) is 50.7 Å². The summed E-state index contributed by atoms with van der Waals surface area (Å²) in [6.07, 6.45) is 14.0. The topological polar surface area (TPSA) is 199 Å². The summed E-state index contributed by atoms with van der Waals surface area (Å²) in [4.78, 5) is 7.72. The molecule has 0 bridgehead atoms. The van der Waals surface area contributed by atoms with Crippen LogP contribution in [0.1, 0.15) is 33.1 Å². The van der Waals surface area contributed by atoms with E-state index in [1.54, 1.807) is 19.4 Å². The monoisotopic (exact) mass is 630 g/mol. The number of rotatable bonds is 5. The summed E-state index contributed by atoms with van der Waals surface area (Å²) in [5, 5.41) is 0. The van der Waals surface area contributed by atoms with E-state index in [0.29, 0.717) is 6.42 Å². The van der Waals surface area contributed by atoms with E-state index in [1.807, 2.05) is 36.5 Å². The Balaban J connectivity index is -0.000000405. The lowest BCUT2D eigenvalue weighted by molar-refractivity contribution is -0.0514. The Morgan fingerprint density at radius 1 is 0.737 bits per heavy atom. The number of nitrogens with zero attached hydrogens (tertiary/aromatic N) is 4. The van der Waals surface area contributed by atoms with Gasteiger partial charge in [-0.2, -0.15) is 51.6 Å². The van der Waals surface area contributed by atoms with Crippen molar-refractivity contribution in [1.82, 2.24) is 19.1 Å². The van der Waals surface area contributed by atoms with E-state index in [2.05, 4.69) is 21.5 Å². The standard InChI is InChI=1S/C7H12N2.C4H6N2.C3H8O3S.2CHF3O3S/c1-2-3-5-9-6-4-8-7-9;1-6-3-2-5-4-6;1-2-3-7(4,5)6;2*2-1(3,4)8(5,6)7/h4,6-7H,2-3,5H2,1H3;2-4H,1H3;2-3H2,1H3,(H,4,5,6);2*(H,5,6,7). The molecule has 2 heterocycles. The lowest BCUT2D eigenvalue weighted by Crippen LogP contribution is -2.21. The van der Waals surface area contributed by atoms with Gasteiger partial charge in [-0.25, -0.2) is 9.97 Å². The maximum atomic E-state index is 10.7. The largest absolute Gasteiger partial charge is 0.522 e. The van der Waals surface area contributed by atoms with Crippen molar-refractivity contribution in [3.63, 3.8) is 0 Å². The highest BCUT2D eigenvalue weighted by Gasteiger charge is 2.45. The molecule has 2 aromatic heterocycles. The molecule has 226 valence electrons. The van der Waals surface area contributed by atoms with E-state index in [9.17, 15) is 34.8 Å². The molecule has 0 amide bonds. The molecule has 2 rings (SSSR count). The smallest absolute Gasteiger partial charge is 0.341 e. The molecule has 22 heteroatoms. The molecule has 0 atom stereocenters. The number of halogens is 6. The van der Waals surface area contributed by atoms with E-state index in [4.69, 9.17) is 30.5 Å². The maximum Gasteiger partial charge on any atom is 0.522 e. The Kier molecular flexibility index (Phi) is 19.2. The van der Waals surface area contributed by atoms with Crippen molar-refractivity contribution in [3.8, 4) is 0 Å². The number of imidazole rings is 2. The predicted octanol–water partition coefficient (Wildman–Crippen LogP) is 3.18. The van der Waals surface area contributed by atoms with Crippen LogP contribution in [0, 0.1) is 0 Å². The summed E-state index contributed by atoms with van der Waals surface area (Å²) in [7, 11) is -13.4. The van der Waals surface area contributed by atoms with E-state index < -0.39 is 41.4 Å². The number of aryl methyl sites for hydroxylation is 2. The summed E-state index contributed by atoms with van der Waals surface area (Å²) in [6, 6.07) is 0. The fraction of sp³-hybridized carbons (Fsp3) is 0.625. The minimum atomic E-state index is -5.84. The second kappa shape index (κ2) is 18.1. The molecule has 3 N–H and O–H groups in total. The molecule has 0 aliphatic heterocycles. The Morgan fingerprint density at radius 2 is 1.13 bits per heavy atom. The van der Waals surface area contributed by atoms with Gasteiger partial charge >= 0.3 is 31.3 Å². The van der Waals surface area contributed by atoms with Crippen molar-refractivity contribution in [2.75, 3.05) is 5.75 Å². The number of hydrogen-bond donors (Lipinski definition) is 3. The van der Waals surface area contributed by atoms with Gasteiger partial charge in [0.1, 0.15) is 0 Å². The van der Waals surface area contributed by atoms with Gasteiger partial charge in [-0.15, -0.1) is 0 Å². The van der Waals surface area contributed by atoms with Gasteiger partial charge in [0.05, 0.1) is 18.4 Å². The SMILES string of the molecule is CCCCn1ccnc1.CCCS(=O)(=O)O.Cn1ccnc1.O=S(=O)(O)C(F)(F)F.O=S(=O)(O)C(F)(F)F. The first-order chi connectivity index (χ1) is 16.9. The average molecular weight is 631 g/mol. The molecule has 13 nitrogen and oxygen atoms in total. The molecule has 0 unspecified atom stereocenters. The van der Waals surface area contributed by atoms with Gasteiger partial charge in [0, 0.05) is 38.4 Å². The molecular formula is C16H28F6N4O9S3. The van der Waals surface area contributed by atoms with Gasteiger partial charge in [-0.1, -0.05) is 20.3 Å². The highest BCUT2D eigenvalue weighted by Crippen LogP contribution is 2.21. The zero-order chi connectivity index (χ0) is 30.8. The summed E-state index contributed by atoms with van der Waals surface area (Å²) >= 11 is 0. The van der Waals surface area contributed by atoms with Gasteiger partial charge in [-0.05, 0) is 12.8 Å². The van der Waals surface area contributed by atoms with Crippen molar-refractivity contribution < 1.29 is 65.3 Å². The van der Waals surface area contributed by atoms with Gasteiger partial charge in [0.2, 0.25) is 0 Å². The van der Waals surface area contributed by atoms with Crippen LogP contribution in [0.3, 0.4) is 0 Å². The minimum Gasteiger partial charge on any atom is -0.341 e. The van der Waals surface area contributed by atoms with Crippen LogP contribution in [-0.2, 0) is 43.9 Å². The van der Waals surface area contributed by atoms with E-state index in [0.717, 1.165) is 6.54 Å². The molecule has 0 aromatic carbocycles. The second-order valence-electron chi connectivity index (χ2n) is 6.51. The summed E-state index contributed by atoms with van der Waals surface area (Å²) in [6.45, 7) is 4.99.